The molecule has 3 rings (SSSR count). The molecule has 286 valence electrons. The lowest BCUT2D eigenvalue weighted by Crippen LogP contribution is -2.72. The quantitative estimate of drug-likeness (QED) is 0.133. The third-order valence-corrected chi connectivity index (χ3v) is 29.2. The van der Waals surface area contributed by atoms with Gasteiger partial charge in [0.05, 0.1) is 25.0 Å². The lowest BCUT2D eigenvalue weighted by molar-refractivity contribution is -0.248. The number of carbonyl (C=O) groups excluding carboxylic acids is 2. The van der Waals surface area contributed by atoms with E-state index in [2.05, 4.69) is 129 Å². The van der Waals surface area contributed by atoms with Crippen LogP contribution in [0.4, 0.5) is 0 Å². The summed E-state index contributed by atoms with van der Waals surface area (Å²) in [5.74, 6) is 0.891. The van der Waals surface area contributed by atoms with Crippen molar-refractivity contribution < 1.29 is 27.6 Å². The van der Waals surface area contributed by atoms with Crippen LogP contribution in [0.25, 0.3) is 0 Å². The van der Waals surface area contributed by atoms with E-state index in [1.165, 1.54) is 7.11 Å². The van der Waals surface area contributed by atoms with Gasteiger partial charge in [0, 0.05) is 12.2 Å². The first-order valence-electron chi connectivity index (χ1n) is 19.3. The second-order valence-electron chi connectivity index (χ2n) is 22.0. The average molecular weight is 739 g/mol. The van der Waals surface area contributed by atoms with Gasteiger partial charge in [-0.2, -0.15) is 0 Å². The standard InChI is InChI=1S/C40H78O6Si3/c1-27-21-29-28(30(22-27)44-47(15,16)35(2,3)4)23-31(45-48(17,18)36(5,6)7)34-38(29,11)24-32(46-49(19,20)37(8,9)10)40(13,26-41)39(34,12)25-33(42)43-14/h26-32,34H,21-25H2,1-20H3/t27-,28+,29-,30-,31-,32-,34+,38+,39+,40-/m1/s1. The van der Waals surface area contributed by atoms with E-state index in [4.69, 9.17) is 18.0 Å². The van der Waals surface area contributed by atoms with Crippen molar-refractivity contribution in [3.8, 4) is 0 Å². The molecule has 0 aliphatic heterocycles. The molecule has 0 heterocycles. The minimum Gasteiger partial charge on any atom is -0.469 e. The molecule has 3 saturated carbocycles. The highest BCUT2D eigenvalue weighted by Gasteiger charge is 2.72. The SMILES string of the molecule is COC(=O)C[C@@]1(C)[C@H]2[C@H](O[Si](C)(C)C(C)(C)C)C[C@H]3[C@@H](C[C@@H](C)C[C@H]3O[Si](C)(C)C(C)(C)C)[C@]2(C)C[C@@H](O[Si](C)(C)C(C)(C)C)[C@@]1(C)C=O. The van der Waals surface area contributed by atoms with E-state index in [1.54, 1.807) is 0 Å². The number of esters is 1. The summed E-state index contributed by atoms with van der Waals surface area (Å²) in [7, 11) is -5.20. The largest absolute Gasteiger partial charge is 0.469 e. The summed E-state index contributed by atoms with van der Waals surface area (Å²) in [6.07, 6.45) is 4.86. The Balaban J connectivity index is 2.38. The molecule has 3 aliphatic rings. The first kappa shape index (κ1) is 43.1. The first-order valence-corrected chi connectivity index (χ1v) is 28.0. The summed E-state index contributed by atoms with van der Waals surface area (Å²) in [6.45, 7) is 44.0. The van der Waals surface area contributed by atoms with Gasteiger partial charge in [-0.15, -0.1) is 0 Å². The van der Waals surface area contributed by atoms with Crippen LogP contribution in [0.1, 0.15) is 122 Å². The van der Waals surface area contributed by atoms with Crippen LogP contribution in [0.15, 0.2) is 0 Å². The van der Waals surface area contributed by atoms with Gasteiger partial charge < -0.3 is 22.8 Å². The molecule has 0 spiro atoms. The molecule has 0 aromatic rings. The summed E-state index contributed by atoms with van der Waals surface area (Å²) < 4.78 is 27.9. The Morgan fingerprint density at radius 3 is 1.61 bits per heavy atom. The molecule has 6 nitrogen and oxygen atoms in total. The molecule has 0 saturated heterocycles. The fraction of sp³-hybridized carbons (Fsp3) is 0.950. The van der Waals surface area contributed by atoms with Crippen LogP contribution in [-0.2, 0) is 27.6 Å². The lowest BCUT2D eigenvalue weighted by atomic mass is 9.37. The number of ether oxygens (including phenoxy) is 1. The Morgan fingerprint density at radius 1 is 0.735 bits per heavy atom. The van der Waals surface area contributed by atoms with Gasteiger partial charge in [0.25, 0.3) is 0 Å². The predicted molar refractivity (Wildman–Crippen MR) is 211 cm³/mol. The van der Waals surface area contributed by atoms with E-state index in [0.29, 0.717) is 17.8 Å². The minimum atomic E-state index is -2.32. The van der Waals surface area contributed by atoms with Crippen molar-refractivity contribution in [3.05, 3.63) is 0 Å². The third kappa shape index (κ3) is 7.70. The monoisotopic (exact) mass is 739 g/mol. The number of aldehydes is 1. The molecule has 0 amide bonds. The average Bonchev–Trinajstić information content (AvgIpc) is 2.89. The van der Waals surface area contributed by atoms with E-state index >= 15 is 0 Å². The molecular formula is C40H78O6Si3. The van der Waals surface area contributed by atoms with E-state index in [9.17, 15) is 9.59 Å². The predicted octanol–water partition coefficient (Wildman–Crippen LogP) is 11.0. The minimum absolute atomic E-state index is 0.00767. The summed E-state index contributed by atoms with van der Waals surface area (Å²) in [5.41, 5.74) is -1.92. The molecule has 10 atom stereocenters. The van der Waals surface area contributed by atoms with Crippen LogP contribution in [0, 0.1) is 39.9 Å². The summed E-state index contributed by atoms with van der Waals surface area (Å²) in [5, 5.41) is 0.0880. The third-order valence-electron chi connectivity index (χ3n) is 15.7. The Hall–Kier alpha value is -0.329. The van der Waals surface area contributed by atoms with Crippen LogP contribution in [0.5, 0.6) is 0 Å². The smallest absolute Gasteiger partial charge is 0.306 e. The maximum absolute atomic E-state index is 13.8. The number of hydrogen-bond donors (Lipinski definition) is 0. The van der Waals surface area contributed by atoms with Crippen LogP contribution < -0.4 is 0 Å². The van der Waals surface area contributed by atoms with Gasteiger partial charge in [0.15, 0.2) is 25.0 Å². The van der Waals surface area contributed by atoms with Crippen LogP contribution in [0.2, 0.25) is 54.4 Å². The Bertz CT molecular complexity index is 1210. The first-order chi connectivity index (χ1) is 21.7. The summed E-state index contributed by atoms with van der Waals surface area (Å²) in [4.78, 5) is 27.4. The van der Waals surface area contributed by atoms with Crippen molar-refractivity contribution in [2.45, 2.75) is 195 Å². The summed E-state index contributed by atoms with van der Waals surface area (Å²) >= 11 is 0. The Kier molecular flexibility index (Phi) is 11.9. The molecule has 49 heavy (non-hydrogen) atoms. The highest BCUT2D eigenvalue weighted by atomic mass is 28.4. The van der Waals surface area contributed by atoms with Gasteiger partial charge in [-0.25, -0.2) is 0 Å². The topological polar surface area (TPSA) is 71.1 Å². The van der Waals surface area contributed by atoms with E-state index in [1.807, 2.05) is 0 Å². The number of fused-ring (bicyclic) bond motifs is 3. The van der Waals surface area contributed by atoms with Gasteiger partial charge in [0.2, 0.25) is 0 Å². The number of hydrogen-bond acceptors (Lipinski definition) is 6. The van der Waals surface area contributed by atoms with Crippen LogP contribution >= 0.6 is 0 Å². The molecule has 0 bridgehead atoms. The second-order valence-corrected chi connectivity index (χ2v) is 36.3. The highest BCUT2D eigenvalue weighted by molar-refractivity contribution is 6.75. The van der Waals surface area contributed by atoms with Gasteiger partial charge in [0.1, 0.15) is 6.29 Å². The van der Waals surface area contributed by atoms with Crippen molar-refractivity contribution in [3.63, 3.8) is 0 Å². The zero-order valence-electron chi connectivity index (χ0n) is 35.6. The van der Waals surface area contributed by atoms with Crippen molar-refractivity contribution in [2.75, 3.05) is 7.11 Å². The fourth-order valence-corrected chi connectivity index (χ4v) is 13.5. The fourth-order valence-electron chi connectivity index (χ4n) is 9.34. The normalized spacial score (nSPS) is 38.0. The molecule has 0 aromatic heterocycles. The lowest BCUT2D eigenvalue weighted by Gasteiger charge is -2.70. The van der Waals surface area contributed by atoms with E-state index < -0.39 is 35.8 Å². The Morgan fingerprint density at radius 2 is 1.18 bits per heavy atom. The van der Waals surface area contributed by atoms with Crippen molar-refractivity contribution in [2.24, 2.45) is 39.9 Å². The van der Waals surface area contributed by atoms with Crippen molar-refractivity contribution in [1.82, 2.24) is 0 Å². The molecule has 0 aromatic carbocycles. The van der Waals surface area contributed by atoms with Crippen molar-refractivity contribution >= 4 is 37.2 Å². The Labute approximate surface area is 305 Å². The van der Waals surface area contributed by atoms with Crippen LogP contribution in [0.3, 0.4) is 0 Å². The van der Waals surface area contributed by atoms with Crippen molar-refractivity contribution in [1.29, 1.82) is 0 Å². The molecule has 0 radical (unpaired) electrons. The molecule has 3 fully saturated rings. The van der Waals surface area contributed by atoms with Gasteiger partial charge in [-0.1, -0.05) is 83.1 Å². The van der Waals surface area contributed by atoms with Gasteiger partial charge in [-0.05, 0) is 122 Å². The van der Waals surface area contributed by atoms with E-state index in [-0.39, 0.29) is 57.1 Å². The molecule has 0 unspecified atom stereocenters. The van der Waals surface area contributed by atoms with Gasteiger partial charge >= 0.3 is 5.97 Å². The number of rotatable bonds is 9. The molecular weight excluding hydrogens is 661 g/mol. The molecule has 9 heteroatoms. The van der Waals surface area contributed by atoms with Gasteiger partial charge in [-0.3, -0.25) is 4.79 Å². The van der Waals surface area contributed by atoms with Crippen LogP contribution in [-0.4, -0.2) is 62.6 Å². The maximum atomic E-state index is 13.8. The maximum Gasteiger partial charge on any atom is 0.306 e. The zero-order valence-corrected chi connectivity index (χ0v) is 38.6. The molecule has 0 N–H and O–H groups in total. The summed E-state index contributed by atoms with van der Waals surface area (Å²) in [6, 6.07) is 0. The zero-order chi connectivity index (χ0) is 38.2. The number of carbonyl (C=O) groups is 2. The number of methoxy groups -OCH3 is 1. The van der Waals surface area contributed by atoms with E-state index in [0.717, 1.165) is 32.0 Å². The highest BCUT2D eigenvalue weighted by Crippen LogP contribution is 2.71. The second kappa shape index (κ2) is 13.5. The molecule has 3 aliphatic carbocycles.